The van der Waals surface area contributed by atoms with E-state index >= 15 is 0 Å². The number of non-ortho nitro benzene ring substituents is 1. The van der Waals surface area contributed by atoms with Gasteiger partial charge < -0.3 is 10.6 Å². The van der Waals surface area contributed by atoms with Gasteiger partial charge in [-0.25, -0.2) is 4.79 Å². The van der Waals surface area contributed by atoms with Crippen molar-refractivity contribution in [3.8, 4) is 0 Å². The SMILES string of the molecule is CC(C)CN(C(=O)CN1C(=O)c2ccc([N+](=O)[O-])cc2C1=O)c1c(N)n(CC(C)C)c(=O)[nH]c1=O. The van der Waals surface area contributed by atoms with Crippen LogP contribution in [-0.2, 0) is 11.3 Å². The average Bonchev–Trinajstić information content (AvgIpc) is 2.99. The maximum Gasteiger partial charge on any atom is 0.330 e. The molecule has 0 bridgehead atoms. The molecular formula is C22H26N6O7. The van der Waals surface area contributed by atoms with Crippen molar-refractivity contribution in [1.29, 1.82) is 0 Å². The van der Waals surface area contributed by atoms with Crippen molar-refractivity contribution in [2.45, 2.75) is 34.2 Å². The lowest BCUT2D eigenvalue weighted by Crippen LogP contribution is -2.47. The van der Waals surface area contributed by atoms with E-state index in [2.05, 4.69) is 4.98 Å². The molecule has 13 heteroatoms. The van der Waals surface area contributed by atoms with Gasteiger partial charge in [0.25, 0.3) is 23.1 Å². The van der Waals surface area contributed by atoms with Crippen molar-refractivity contribution in [3.63, 3.8) is 0 Å². The Kier molecular flexibility index (Phi) is 6.89. The summed E-state index contributed by atoms with van der Waals surface area (Å²) < 4.78 is 1.16. The Labute approximate surface area is 199 Å². The summed E-state index contributed by atoms with van der Waals surface area (Å²) in [6, 6.07) is 3.24. The third-order valence-corrected chi connectivity index (χ3v) is 5.34. The number of carbonyl (C=O) groups is 3. The number of anilines is 2. The largest absolute Gasteiger partial charge is 0.383 e. The third kappa shape index (κ3) is 4.83. The lowest BCUT2D eigenvalue weighted by molar-refractivity contribution is -0.384. The summed E-state index contributed by atoms with van der Waals surface area (Å²) in [6.07, 6.45) is 0. The maximum atomic E-state index is 13.4. The second kappa shape index (κ2) is 9.52. The molecule has 1 aromatic carbocycles. The summed E-state index contributed by atoms with van der Waals surface area (Å²) in [4.78, 5) is 78.2. The number of nitro benzene ring substituents is 1. The zero-order chi connectivity index (χ0) is 26.2. The minimum atomic E-state index is -0.875. The predicted molar refractivity (Wildman–Crippen MR) is 126 cm³/mol. The highest BCUT2D eigenvalue weighted by Crippen LogP contribution is 2.27. The van der Waals surface area contributed by atoms with Crippen LogP contribution in [0.4, 0.5) is 17.2 Å². The fraction of sp³-hybridized carbons (Fsp3) is 0.409. The molecule has 0 unspecified atom stereocenters. The molecule has 1 aliphatic rings. The number of aromatic nitrogens is 2. The van der Waals surface area contributed by atoms with Gasteiger partial charge in [-0.2, -0.15) is 0 Å². The van der Waals surface area contributed by atoms with Gasteiger partial charge in [-0.05, 0) is 17.9 Å². The molecule has 1 aliphatic heterocycles. The van der Waals surface area contributed by atoms with Crippen LogP contribution < -0.4 is 21.9 Å². The van der Waals surface area contributed by atoms with Crippen LogP contribution in [0.15, 0.2) is 27.8 Å². The lowest BCUT2D eigenvalue weighted by Gasteiger charge is -2.27. The van der Waals surface area contributed by atoms with E-state index in [0.29, 0.717) is 4.90 Å². The van der Waals surface area contributed by atoms with E-state index in [1.807, 2.05) is 13.8 Å². The standard InChI is InChI=1S/C22H26N6O7/c1-11(2)8-25(17-18(23)26(9-12(3)4)22(33)24-19(17)30)16(29)10-27-20(31)14-6-5-13(28(34)35)7-15(14)21(27)32/h5-7,11-12H,8-10,23H2,1-4H3,(H,24,30,33). The van der Waals surface area contributed by atoms with Gasteiger partial charge in [0.05, 0.1) is 16.1 Å². The van der Waals surface area contributed by atoms with E-state index in [-0.39, 0.29) is 53.2 Å². The smallest absolute Gasteiger partial charge is 0.330 e. The first-order valence-corrected chi connectivity index (χ1v) is 10.9. The number of aromatic amines is 1. The van der Waals surface area contributed by atoms with Gasteiger partial charge in [0.1, 0.15) is 12.4 Å². The number of H-pyrrole nitrogens is 1. The molecule has 1 aromatic heterocycles. The van der Waals surface area contributed by atoms with E-state index in [4.69, 9.17) is 5.73 Å². The number of nitrogen functional groups attached to an aromatic ring is 1. The lowest BCUT2D eigenvalue weighted by atomic mass is 10.1. The van der Waals surface area contributed by atoms with E-state index in [9.17, 15) is 34.1 Å². The number of nitro groups is 1. The number of nitrogens with one attached hydrogen (secondary N) is 1. The number of rotatable bonds is 8. The fourth-order valence-corrected chi connectivity index (χ4v) is 3.82. The number of nitrogens with zero attached hydrogens (tertiary/aromatic N) is 4. The van der Waals surface area contributed by atoms with Crippen molar-refractivity contribution in [3.05, 3.63) is 60.3 Å². The molecule has 2 heterocycles. The number of nitrogens with two attached hydrogens (primary N) is 1. The van der Waals surface area contributed by atoms with E-state index < -0.39 is 40.4 Å². The van der Waals surface area contributed by atoms with Crippen LogP contribution in [0.3, 0.4) is 0 Å². The van der Waals surface area contributed by atoms with Gasteiger partial charge in [0, 0.05) is 25.2 Å². The summed E-state index contributed by atoms with van der Waals surface area (Å²) >= 11 is 0. The maximum absolute atomic E-state index is 13.4. The van der Waals surface area contributed by atoms with Crippen LogP contribution in [0.2, 0.25) is 0 Å². The molecule has 0 radical (unpaired) electrons. The quantitative estimate of drug-likeness (QED) is 0.314. The van der Waals surface area contributed by atoms with Gasteiger partial charge >= 0.3 is 5.69 Å². The summed E-state index contributed by atoms with van der Waals surface area (Å²) in [7, 11) is 0. The highest BCUT2D eigenvalue weighted by atomic mass is 16.6. The summed E-state index contributed by atoms with van der Waals surface area (Å²) in [5, 5.41) is 11.0. The Morgan fingerprint density at radius 3 is 2.29 bits per heavy atom. The number of hydrogen-bond donors (Lipinski definition) is 2. The van der Waals surface area contributed by atoms with E-state index in [1.165, 1.54) is 0 Å². The monoisotopic (exact) mass is 486 g/mol. The Hall–Kier alpha value is -4.29. The van der Waals surface area contributed by atoms with E-state index in [0.717, 1.165) is 27.7 Å². The van der Waals surface area contributed by atoms with Crippen molar-refractivity contribution in [2.24, 2.45) is 11.8 Å². The molecule has 0 saturated heterocycles. The van der Waals surface area contributed by atoms with Crippen molar-refractivity contribution < 1.29 is 19.3 Å². The first-order chi connectivity index (χ1) is 16.3. The Morgan fingerprint density at radius 1 is 1.09 bits per heavy atom. The van der Waals surface area contributed by atoms with Crippen LogP contribution in [0, 0.1) is 22.0 Å². The Balaban J connectivity index is 2.00. The summed E-state index contributed by atoms with van der Waals surface area (Å²) in [6.45, 7) is 6.75. The normalized spacial score (nSPS) is 13.0. The van der Waals surface area contributed by atoms with Crippen LogP contribution in [0.5, 0.6) is 0 Å². The molecule has 35 heavy (non-hydrogen) atoms. The minimum Gasteiger partial charge on any atom is -0.383 e. The van der Waals surface area contributed by atoms with Gasteiger partial charge in [-0.3, -0.25) is 43.7 Å². The minimum absolute atomic E-state index is 0.00501. The second-order valence-electron chi connectivity index (χ2n) is 9.08. The summed E-state index contributed by atoms with van der Waals surface area (Å²) in [5.41, 5.74) is 3.70. The summed E-state index contributed by atoms with van der Waals surface area (Å²) in [5.74, 6) is -2.78. The topological polar surface area (TPSA) is 182 Å². The highest BCUT2D eigenvalue weighted by molar-refractivity contribution is 6.23. The second-order valence-corrected chi connectivity index (χ2v) is 9.08. The first-order valence-electron chi connectivity index (χ1n) is 10.9. The van der Waals surface area contributed by atoms with Crippen molar-refractivity contribution >= 4 is 34.9 Å². The Bertz CT molecular complexity index is 1340. The molecule has 0 aliphatic carbocycles. The number of carbonyl (C=O) groups excluding carboxylic acids is 3. The number of amides is 3. The first kappa shape index (κ1) is 25.3. The molecule has 186 valence electrons. The molecule has 2 aromatic rings. The van der Waals surface area contributed by atoms with Crippen LogP contribution >= 0.6 is 0 Å². The molecular weight excluding hydrogens is 460 g/mol. The van der Waals surface area contributed by atoms with Crippen molar-refractivity contribution in [1.82, 2.24) is 14.5 Å². The zero-order valence-electron chi connectivity index (χ0n) is 19.7. The third-order valence-electron chi connectivity index (χ3n) is 5.34. The molecule has 3 N–H and O–H groups in total. The molecule has 0 spiro atoms. The fourth-order valence-electron chi connectivity index (χ4n) is 3.82. The molecule has 0 saturated carbocycles. The van der Waals surface area contributed by atoms with Crippen LogP contribution in [-0.4, -0.2) is 50.2 Å². The molecule has 13 nitrogen and oxygen atoms in total. The zero-order valence-corrected chi connectivity index (χ0v) is 19.7. The number of hydrogen-bond acceptors (Lipinski definition) is 8. The van der Waals surface area contributed by atoms with Crippen molar-refractivity contribution in [2.75, 3.05) is 23.7 Å². The van der Waals surface area contributed by atoms with Gasteiger partial charge in [0.2, 0.25) is 5.91 Å². The van der Waals surface area contributed by atoms with Crippen LogP contribution in [0.25, 0.3) is 0 Å². The molecule has 0 atom stereocenters. The average molecular weight is 486 g/mol. The molecule has 3 rings (SSSR count). The van der Waals surface area contributed by atoms with Gasteiger partial charge in [-0.1, -0.05) is 27.7 Å². The number of fused-ring (bicyclic) bond motifs is 1. The predicted octanol–water partition coefficient (Wildman–Crippen LogP) is 0.968. The number of benzene rings is 1. The van der Waals surface area contributed by atoms with E-state index in [1.54, 1.807) is 13.8 Å². The molecule has 3 amide bonds. The van der Waals surface area contributed by atoms with Crippen LogP contribution in [0.1, 0.15) is 48.4 Å². The highest BCUT2D eigenvalue weighted by Gasteiger charge is 2.39. The number of imide groups is 1. The molecule has 0 fully saturated rings. The van der Waals surface area contributed by atoms with Gasteiger partial charge in [-0.15, -0.1) is 0 Å². The van der Waals surface area contributed by atoms with Gasteiger partial charge in [0.15, 0.2) is 5.69 Å². The Morgan fingerprint density at radius 2 is 1.71 bits per heavy atom.